The molecule has 128 valence electrons. The zero-order valence-corrected chi connectivity index (χ0v) is 14.4. The normalized spacial score (nSPS) is 15.6. The molecule has 0 spiro atoms. The number of nitrogens with zero attached hydrogens (tertiary/aromatic N) is 3. The highest BCUT2D eigenvalue weighted by Gasteiger charge is 2.23. The molecule has 1 aliphatic heterocycles. The Balaban J connectivity index is 1.38. The summed E-state index contributed by atoms with van der Waals surface area (Å²) in [6, 6.07) is 15.9. The van der Waals surface area contributed by atoms with Gasteiger partial charge >= 0.3 is 0 Å². The molecule has 4 rings (SSSR count). The molecule has 5 heteroatoms. The Morgan fingerprint density at radius 3 is 2.52 bits per heavy atom. The smallest absolute Gasteiger partial charge is 0.254 e. The van der Waals surface area contributed by atoms with E-state index in [4.69, 9.17) is 0 Å². The quantitative estimate of drug-likeness (QED) is 0.801. The van der Waals surface area contributed by atoms with E-state index >= 15 is 0 Å². The Kier molecular flexibility index (Phi) is 4.24. The van der Waals surface area contributed by atoms with Crippen LogP contribution in [0.15, 0.2) is 48.5 Å². The van der Waals surface area contributed by atoms with Gasteiger partial charge in [0.25, 0.3) is 5.91 Å². The second-order valence-corrected chi connectivity index (χ2v) is 6.58. The molecule has 1 saturated heterocycles. The van der Waals surface area contributed by atoms with Crippen molar-refractivity contribution in [3.8, 4) is 0 Å². The number of aromatic amines is 1. The van der Waals surface area contributed by atoms with E-state index in [1.807, 2.05) is 60.4 Å². The fourth-order valence-electron chi connectivity index (χ4n) is 3.38. The number of hydrogen-bond donors (Lipinski definition) is 1. The van der Waals surface area contributed by atoms with E-state index in [1.54, 1.807) is 0 Å². The Hall–Kier alpha value is -2.66. The molecule has 3 aromatic rings. The lowest BCUT2D eigenvalue weighted by atomic mass is 10.1. The number of carbonyl (C=O) groups excluding carboxylic acids is 1. The molecular formula is C20H22N4O. The van der Waals surface area contributed by atoms with E-state index in [2.05, 4.69) is 14.9 Å². The van der Waals surface area contributed by atoms with Gasteiger partial charge in [0.1, 0.15) is 5.82 Å². The third-order valence-corrected chi connectivity index (χ3v) is 4.85. The molecular weight excluding hydrogens is 312 g/mol. The van der Waals surface area contributed by atoms with E-state index < -0.39 is 0 Å². The maximum absolute atomic E-state index is 12.7. The van der Waals surface area contributed by atoms with Crippen molar-refractivity contribution in [3.05, 3.63) is 65.5 Å². The standard InChI is InChI=1S/C20H22N4O/c1-15-6-2-3-7-16(15)20(25)24-12-10-23(11-13-24)14-19-21-17-8-4-5-9-18(17)22-19/h2-9H,10-14H2,1H3,(H,21,22). The van der Waals surface area contributed by atoms with Gasteiger partial charge in [-0.15, -0.1) is 0 Å². The summed E-state index contributed by atoms with van der Waals surface area (Å²) < 4.78 is 0. The minimum atomic E-state index is 0.140. The molecule has 1 aromatic heterocycles. The lowest BCUT2D eigenvalue weighted by Crippen LogP contribution is -2.48. The van der Waals surface area contributed by atoms with E-state index in [0.29, 0.717) is 0 Å². The molecule has 0 radical (unpaired) electrons. The Bertz CT molecular complexity index is 860. The molecule has 1 amide bonds. The van der Waals surface area contributed by atoms with Crippen LogP contribution in [0, 0.1) is 6.92 Å². The van der Waals surface area contributed by atoms with Gasteiger partial charge in [-0.1, -0.05) is 30.3 Å². The van der Waals surface area contributed by atoms with Gasteiger partial charge in [-0.2, -0.15) is 0 Å². The number of piperazine rings is 1. The predicted octanol–water partition coefficient (Wildman–Crippen LogP) is 2.83. The molecule has 1 N–H and O–H groups in total. The van der Waals surface area contributed by atoms with Crippen molar-refractivity contribution < 1.29 is 4.79 Å². The van der Waals surface area contributed by atoms with Gasteiger partial charge in [0.15, 0.2) is 0 Å². The molecule has 1 fully saturated rings. The third-order valence-electron chi connectivity index (χ3n) is 4.85. The highest BCUT2D eigenvalue weighted by molar-refractivity contribution is 5.95. The third kappa shape index (κ3) is 3.28. The van der Waals surface area contributed by atoms with E-state index in [1.165, 1.54) is 0 Å². The van der Waals surface area contributed by atoms with Crippen LogP contribution < -0.4 is 0 Å². The first-order chi connectivity index (χ1) is 12.2. The number of benzene rings is 2. The average Bonchev–Trinajstić information content (AvgIpc) is 3.04. The van der Waals surface area contributed by atoms with Crippen LogP contribution in [0.25, 0.3) is 11.0 Å². The lowest BCUT2D eigenvalue weighted by molar-refractivity contribution is 0.0625. The minimum Gasteiger partial charge on any atom is -0.341 e. The summed E-state index contributed by atoms with van der Waals surface area (Å²) in [6.07, 6.45) is 0. The number of aryl methyl sites for hydroxylation is 1. The van der Waals surface area contributed by atoms with Gasteiger partial charge in [-0.25, -0.2) is 4.98 Å². The molecule has 2 aromatic carbocycles. The van der Waals surface area contributed by atoms with E-state index in [0.717, 1.165) is 60.7 Å². The monoisotopic (exact) mass is 334 g/mol. The first-order valence-corrected chi connectivity index (χ1v) is 8.71. The maximum Gasteiger partial charge on any atom is 0.254 e. The van der Waals surface area contributed by atoms with Gasteiger partial charge in [0.05, 0.1) is 17.6 Å². The lowest BCUT2D eigenvalue weighted by Gasteiger charge is -2.34. The van der Waals surface area contributed by atoms with Gasteiger partial charge in [-0.05, 0) is 30.7 Å². The Morgan fingerprint density at radius 2 is 1.76 bits per heavy atom. The molecule has 0 atom stereocenters. The summed E-state index contributed by atoms with van der Waals surface area (Å²) >= 11 is 0. The molecule has 1 aliphatic rings. The van der Waals surface area contributed by atoms with Crippen molar-refractivity contribution in [1.82, 2.24) is 19.8 Å². The Labute approximate surface area is 147 Å². The fraction of sp³-hybridized carbons (Fsp3) is 0.300. The zero-order chi connectivity index (χ0) is 17.2. The van der Waals surface area contributed by atoms with E-state index in [-0.39, 0.29) is 5.91 Å². The van der Waals surface area contributed by atoms with Crippen molar-refractivity contribution in [3.63, 3.8) is 0 Å². The average molecular weight is 334 g/mol. The summed E-state index contributed by atoms with van der Waals surface area (Å²) in [6.45, 7) is 6.04. The minimum absolute atomic E-state index is 0.140. The molecule has 5 nitrogen and oxygen atoms in total. The highest BCUT2D eigenvalue weighted by atomic mass is 16.2. The van der Waals surface area contributed by atoms with Gasteiger partial charge in [0, 0.05) is 31.7 Å². The molecule has 0 saturated carbocycles. The number of amides is 1. The van der Waals surface area contributed by atoms with Gasteiger partial charge < -0.3 is 9.88 Å². The van der Waals surface area contributed by atoms with Gasteiger partial charge in [-0.3, -0.25) is 9.69 Å². The summed E-state index contributed by atoms with van der Waals surface area (Å²) in [7, 11) is 0. The summed E-state index contributed by atoms with van der Waals surface area (Å²) in [5.41, 5.74) is 3.93. The van der Waals surface area contributed by atoms with Crippen molar-refractivity contribution in [1.29, 1.82) is 0 Å². The number of aromatic nitrogens is 2. The van der Waals surface area contributed by atoms with Crippen molar-refractivity contribution in [2.45, 2.75) is 13.5 Å². The second kappa shape index (κ2) is 6.69. The van der Waals surface area contributed by atoms with Crippen LogP contribution in [0.2, 0.25) is 0 Å². The molecule has 0 bridgehead atoms. The number of rotatable bonds is 3. The van der Waals surface area contributed by atoms with Crippen LogP contribution in [-0.2, 0) is 6.54 Å². The highest BCUT2D eigenvalue weighted by Crippen LogP contribution is 2.15. The molecule has 0 unspecified atom stereocenters. The number of fused-ring (bicyclic) bond motifs is 1. The molecule has 2 heterocycles. The predicted molar refractivity (Wildman–Crippen MR) is 98.5 cm³/mol. The Morgan fingerprint density at radius 1 is 1.04 bits per heavy atom. The number of H-pyrrole nitrogens is 1. The van der Waals surface area contributed by atoms with Crippen LogP contribution in [0.4, 0.5) is 0 Å². The van der Waals surface area contributed by atoms with Crippen LogP contribution in [0.1, 0.15) is 21.7 Å². The van der Waals surface area contributed by atoms with E-state index in [9.17, 15) is 4.79 Å². The molecule has 25 heavy (non-hydrogen) atoms. The summed E-state index contributed by atoms with van der Waals surface area (Å²) in [5, 5.41) is 0. The maximum atomic E-state index is 12.7. The topological polar surface area (TPSA) is 52.2 Å². The van der Waals surface area contributed by atoms with Crippen LogP contribution in [0.3, 0.4) is 0 Å². The number of hydrogen-bond acceptors (Lipinski definition) is 3. The van der Waals surface area contributed by atoms with Crippen molar-refractivity contribution in [2.24, 2.45) is 0 Å². The first-order valence-electron chi connectivity index (χ1n) is 8.71. The summed E-state index contributed by atoms with van der Waals surface area (Å²) in [4.78, 5) is 25.0. The summed E-state index contributed by atoms with van der Waals surface area (Å²) in [5.74, 6) is 1.13. The number of nitrogens with one attached hydrogen (secondary N) is 1. The SMILES string of the molecule is Cc1ccccc1C(=O)N1CCN(Cc2nc3ccccc3[nH]2)CC1. The van der Waals surface area contributed by atoms with Crippen LogP contribution in [-0.4, -0.2) is 51.9 Å². The van der Waals surface area contributed by atoms with Crippen molar-refractivity contribution in [2.75, 3.05) is 26.2 Å². The van der Waals surface area contributed by atoms with Crippen LogP contribution >= 0.6 is 0 Å². The largest absolute Gasteiger partial charge is 0.341 e. The number of para-hydroxylation sites is 2. The van der Waals surface area contributed by atoms with Crippen LogP contribution in [0.5, 0.6) is 0 Å². The number of imidazole rings is 1. The second-order valence-electron chi connectivity index (χ2n) is 6.58. The van der Waals surface area contributed by atoms with Gasteiger partial charge in [0.2, 0.25) is 0 Å². The number of carbonyl (C=O) groups is 1. The molecule has 0 aliphatic carbocycles. The first kappa shape index (κ1) is 15.8. The fourth-order valence-corrected chi connectivity index (χ4v) is 3.38. The van der Waals surface area contributed by atoms with Crippen molar-refractivity contribution >= 4 is 16.9 Å². The zero-order valence-electron chi connectivity index (χ0n) is 14.4.